The maximum absolute atomic E-state index is 12.5. The molecule has 2 aromatic heterocycles. The van der Waals surface area contributed by atoms with E-state index in [4.69, 9.17) is 17.0 Å². The Hall–Kier alpha value is -3.04. The minimum Gasteiger partial charge on any atom is -0.494 e. The molecule has 0 aliphatic rings. The molecule has 2 heterocycles. The average Bonchev–Trinajstić information content (AvgIpc) is 3.28. The first-order chi connectivity index (χ1) is 14.5. The van der Waals surface area contributed by atoms with Gasteiger partial charge in [0.2, 0.25) is 5.91 Å². The molecule has 154 valence electrons. The van der Waals surface area contributed by atoms with Gasteiger partial charge < -0.3 is 10.1 Å². The smallest absolute Gasteiger partial charge is 0.227 e. The molecule has 4 aromatic rings. The second-order valence-electron chi connectivity index (χ2n) is 6.75. The minimum absolute atomic E-state index is 0.127. The molecule has 0 fully saturated rings. The molecule has 0 atom stereocenters. The molecule has 4 rings (SSSR count). The van der Waals surface area contributed by atoms with Crippen LogP contribution >= 0.6 is 23.6 Å². The molecule has 0 saturated carbocycles. The third-order valence-electron chi connectivity index (χ3n) is 4.51. The highest BCUT2D eigenvalue weighted by Gasteiger charge is 2.13. The van der Waals surface area contributed by atoms with E-state index in [-0.39, 0.29) is 12.3 Å². The van der Waals surface area contributed by atoms with E-state index in [1.807, 2.05) is 60.9 Å². The average molecular weight is 440 g/mol. The first-order valence-electron chi connectivity index (χ1n) is 9.59. The topological polar surface area (TPSA) is 84.8 Å². The van der Waals surface area contributed by atoms with Crippen molar-refractivity contribution in [2.24, 2.45) is 0 Å². The van der Waals surface area contributed by atoms with Crippen LogP contribution in [0.2, 0.25) is 0 Å². The number of thiazole rings is 1. The number of aromatic amines is 1. The second kappa shape index (κ2) is 8.76. The van der Waals surface area contributed by atoms with Crippen molar-refractivity contribution < 1.29 is 9.53 Å². The third-order valence-corrected chi connectivity index (χ3v) is 5.76. The van der Waals surface area contributed by atoms with Crippen molar-refractivity contribution in [3.63, 3.8) is 0 Å². The summed E-state index contributed by atoms with van der Waals surface area (Å²) >= 11 is 6.78. The van der Waals surface area contributed by atoms with Crippen LogP contribution in [0.15, 0.2) is 42.5 Å². The van der Waals surface area contributed by atoms with Crippen LogP contribution in [0.25, 0.3) is 21.6 Å². The summed E-state index contributed by atoms with van der Waals surface area (Å²) in [6.07, 6.45) is 0.257. The summed E-state index contributed by atoms with van der Waals surface area (Å²) in [5, 5.41) is 10.6. The Balaban J connectivity index is 1.45. The molecule has 0 saturated heterocycles. The van der Waals surface area contributed by atoms with Gasteiger partial charge in [0.05, 0.1) is 16.8 Å². The number of rotatable bonds is 7. The molecule has 2 aromatic carbocycles. The van der Waals surface area contributed by atoms with E-state index in [0.29, 0.717) is 23.1 Å². The number of carbonyl (C=O) groups is 1. The highest BCUT2D eigenvalue weighted by molar-refractivity contribution is 7.71. The van der Waals surface area contributed by atoms with Crippen molar-refractivity contribution in [3.8, 4) is 17.1 Å². The Morgan fingerprint density at radius 3 is 2.97 bits per heavy atom. The van der Waals surface area contributed by atoms with Gasteiger partial charge in [0.1, 0.15) is 5.75 Å². The van der Waals surface area contributed by atoms with Gasteiger partial charge >= 0.3 is 0 Å². The summed E-state index contributed by atoms with van der Waals surface area (Å²) in [7, 11) is 0. The van der Waals surface area contributed by atoms with Crippen molar-refractivity contribution in [1.29, 1.82) is 0 Å². The zero-order valence-corrected chi connectivity index (χ0v) is 18.3. The number of anilines is 1. The summed E-state index contributed by atoms with van der Waals surface area (Å²) in [4.78, 5) is 17.0. The van der Waals surface area contributed by atoms with E-state index in [2.05, 4.69) is 20.5 Å². The molecule has 1 amide bonds. The van der Waals surface area contributed by atoms with Gasteiger partial charge in [0.25, 0.3) is 0 Å². The van der Waals surface area contributed by atoms with E-state index in [9.17, 15) is 4.79 Å². The van der Waals surface area contributed by atoms with Crippen LogP contribution in [0.5, 0.6) is 5.75 Å². The number of aryl methyl sites for hydroxylation is 1. The van der Waals surface area contributed by atoms with Crippen LogP contribution in [-0.4, -0.2) is 32.3 Å². The van der Waals surface area contributed by atoms with Gasteiger partial charge in [0, 0.05) is 18.5 Å². The molecule has 0 unspecified atom stereocenters. The fraction of sp³-hybridized carbons (Fsp3) is 0.238. The van der Waals surface area contributed by atoms with Crippen molar-refractivity contribution in [2.45, 2.75) is 26.8 Å². The number of hydrogen-bond donors (Lipinski definition) is 2. The van der Waals surface area contributed by atoms with Gasteiger partial charge in [-0.25, -0.2) is 4.98 Å². The number of ether oxygens (including phenoxy) is 1. The van der Waals surface area contributed by atoms with Crippen molar-refractivity contribution in [2.75, 3.05) is 11.9 Å². The molecule has 0 radical (unpaired) electrons. The molecule has 0 aliphatic heterocycles. The molecule has 0 aliphatic carbocycles. The lowest BCUT2D eigenvalue weighted by molar-refractivity contribution is -0.116. The first-order valence-corrected chi connectivity index (χ1v) is 10.8. The van der Waals surface area contributed by atoms with Crippen molar-refractivity contribution in [3.05, 3.63) is 52.8 Å². The highest BCUT2D eigenvalue weighted by Crippen LogP contribution is 2.29. The molecule has 7 nitrogen and oxygen atoms in total. The van der Waals surface area contributed by atoms with Gasteiger partial charge in [-0.15, -0.1) is 0 Å². The van der Waals surface area contributed by atoms with E-state index in [0.717, 1.165) is 32.9 Å². The van der Waals surface area contributed by atoms with Crippen LogP contribution in [0.1, 0.15) is 18.9 Å². The van der Waals surface area contributed by atoms with Crippen LogP contribution in [0.4, 0.5) is 5.13 Å². The Kier molecular flexibility index (Phi) is 5.91. The monoisotopic (exact) mass is 439 g/mol. The lowest BCUT2D eigenvalue weighted by Gasteiger charge is -2.07. The number of nitrogens with zero attached hydrogens (tertiary/aromatic N) is 3. The Morgan fingerprint density at radius 1 is 1.30 bits per heavy atom. The quantitative estimate of drug-likeness (QED) is 0.398. The molecule has 0 bridgehead atoms. The fourth-order valence-corrected chi connectivity index (χ4v) is 4.27. The van der Waals surface area contributed by atoms with E-state index in [1.54, 1.807) is 0 Å². The predicted molar refractivity (Wildman–Crippen MR) is 122 cm³/mol. The molecule has 2 N–H and O–H groups in total. The number of nitrogens with one attached hydrogen (secondary N) is 2. The van der Waals surface area contributed by atoms with Crippen molar-refractivity contribution in [1.82, 2.24) is 19.7 Å². The normalized spacial score (nSPS) is 11.0. The van der Waals surface area contributed by atoms with Crippen LogP contribution < -0.4 is 10.1 Å². The third kappa shape index (κ3) is 4.42. The second-order valence-corrected chi connectivity index (χ2v) is 8.17. The number of amides is 1. The van der Waals surface area contributed by atoms with Gasteiger partial charge in [-0.1, -0.05) is 35.1 Å². The number of carbonyl (C=O) groups excluding carboxylic acids is 1. The Labute approximate surface area is 182 Å². The lowest BCUT2D eigenvalue weighted by atomic mass is 10.1. The van der Waals surface area contributed by atoms with Crippen LogP contribution in [0.3, 0.4) is 0 Å². The van der Waals surface area contributed by atoms with E-state index >= 15 is 0 Å². The number of aromatic nitrogens is 4. The number of H-pyrrole nitrogens is 1. The molecular weight excluding hydrogens is 418 g/mol. The summed E-state index contributed by atoms with van der Waals surface area (Å²) in [5.41, 5.74) is 2.92. The van der Waals surface area contributed by atoms with E-state index < -0.39 is 0 Å². The standard InChI is InChI=1S/C21H21N5O2S2/c1-3-28-15-7-8-16-17(12-15)30-20(22-16)23-18(27)9-10-26-19(24-25-21(26)29)14-6-4-5-13(2)11-14/h4-8,11-12H,3,9-10H2,1-2H3,(H,25,29)(H,22,23,27). The summed E-state index contributed by atoms with van der Waals surface area (Å²) in [6.45, 7) is 5.00. The van der Waals surface area contributed by atoms with Crippen LogP contribution in [-0.2, 0) is 11.3 Å². The summed E-state index contributed by atoms with van der Waals surface area (Å²) in [6, 6.07) is 13.7. The van der Waals surface area contributed by atoms with Crippen molar-refractivity contribution >= 4 is 44.8 Å². The Bertz CT molecular complexity index is 1260. The largest absolute Gasteiger partial charge is 0.494 e. The fourth-order valence-electron chi connectivity index (χ4n) is 3.14. The number of hydrogen-bond acceptors (Lipinski definition) is 6. The van der Waals surface area contributed by atoms with E-state index in [1.165, 1.54) is 11.3 Å². The maximum atomic E-state index is 12.5. The molecule has 9 heteroatoms. The first kappa shape index (κ1) is 20.2. The van der Waals surface area contributed by atoms with Gasteiger partial charge in [-0.2, -0.15) is 5.10 Å². The van der Waals surface area contributed by atoms with Gasteiger partial charge in [-0.3, -0.25) is 14.5 Å². The summed E-state index contributed by atoms with van der Waals surface area (Å²) < 4.78 is 8.82. The molecule has 0 spiro atoms. The number of benzene rings is 2. The Morgan fingerprint density at radius 2 is 2.17 bits per heavy atom. The zero-order valence-electron chi connectivity index (χ0n) is 16.6. The number of fused-ring (bicyclic) bond motifs is 1. The summed E-state index contributed by atoms with van der Waals surface area (Å²) in [5.74, 6) is 1.39. The SMILES string of the molecule is CCOc1ccc2nc(NC(=O)CCn3c(-c4cccc(C)c4)n[nH]c3=S)sc2c1. The van der Waals surface area contributed by atoms with Gasteiger partial charge in [-0.05, 0) is 50.3 Å². The maximum Gasteiger partial charge on any atom is 0.227 e. The highest BCUT2D eigenvalue weighted by atomic mass is 32.1. The lowest BCUT2D eigenvalue weighted by Crippen LogP contribution is -2.15. The minimum atomic E-state index is -0.127. The van der Waals surface area contributed by atoms with Crippen LogP contribution in [0, 0.1) is 11.7 Å². The predicted octanol–water partition coefficient (Wildman–Crippen LogP) is 4.95. The molecular formula is C21H21N5O2S2. The van der Waals surface area contributed by atoms with Gasteiger partial charge in [0.15, 0.2) is 15.7 Å². The zero-order chi connectivity index (χ0) is 21.1. The molecule has 30 heavy (non-hydrogen) atoms.